The molecule has 0 aromatic rings. The molecule has 2 aliphatic rings. The Morgan fingerprint density at radius 1 is 0.792 bits per heavy atom. The van der Waals surface area contributed by atoms with E-state index in [9.17, 15) is 35.7 Å². The summed E-state index contributed by atoms with van der Waals surface area (Å²) in [6.45, 7) is -0.180. The van der Waals surface area contributed by atoms with Gasteiger partial charge in [0.1, 0.15) is 48.8 Å². The molecule has 0 unspecified atom stereocenters. The van der Waals surface area contributed by atoms with Gasteiger partial charge in [-0.2, -0.15) is 0 Å². The molecule has 0 aromatic heterocycles. The van der Waals surface area contributed by atoms with Gasteiger partial charge in [0.25, 0.3) is 0 Å². The van der Waals surface area contributed by atoms with Crippen molar-refractivity contribution < 1.29 is 55.1 Å². The molecule has 11 nitrogen and oxygen atoms in total. The molecule has 0 bridgehead atoms. The molecule has 10 atom stereocenters. The van der Waals surface area contributed by atoms with Crippen LogP contribution in [-0.4, -0.2) is 115 Å². The minimum absolute atomic E-state index is 0.675. The molecule has 0 aromatic carbocycles. The van der Waals surface area contributed by atoms with Crippen LogP contribution in [0.15, 0.2) is 0 Å². The summed E-state index contributed by atoms with van der Waals surface area (Å²) in [5.74, 6) is -2.01. The fraction of sp³-hybridized carbons (Fsp3) is 1.00. The van der Waals surface area contributed by atoms with Gasteiger partial charge in [0.2, 0.25) is 0 Å². The minimum atomic E-state index is -2.01. The average Bonchev–Trinajstić information content (AvgIpc) is 2.57. The molecule has 0 saturated carbocycles. The van der Waals surface area contributed by atoms with Gasteiger partial charge >= 0.3 is 0 Å². The molecule has 11 heteroatoms. The fourth-order valence-electron chi connectivity index (χ4n) is 2.79. The van der Waals surface area contributed by atoms with Crippen LogP contribution < -0.4 is 0 Å². The molecule has 0 radical (unpaired) electrons. The van der Waals surface area contributed by atoms with E-state index < -0.39 is 74.1 Å². The summed E-state index contributed by atoms with van der Waals surface area (Å²) in [6, 6.07) is 0. The second kappa shape index (κ2) is 7.43. The summed E-state index contributed by atoms with van der Waals surface area (Å²) < 4.78 is 15.8. The van der Waals surface area contributed by atoms with E-state index in [1.54, 1.807) is 0 Å². The van der Waals surface area contributed by atoms with Crippen molar-refractivity contribution in [3.63, 3.8) is 0 Å². The maximum absolute atomic E-state index is 10.1. The summed E-state index contributed by atoms with van der Waals surface area (Å²) in [7, 11) is 0. The fourth-order valence-corrected chi connectivity index (χ4v) is 2.79. The minimum Gasteiger partial charge on any atom is -0.394 e. The Morgan fingerprint density at radius 2 is 1.33 bits per heavy atom. The van der Waals surface area contributed by atoms with Crippen molar-refractivity contribution in [2.45, 2.75) is 67.8 Å². The standard InChI is InChI=1S/C13H24O11/c1-13(11(21)9(19)7(17)5(3-15)23-13)24-12-10(20)8(18)6(16)4(2-14)22-12/h4-12,14-21H,2-3H2,1H3/t4-,5-,6+,7-,8+,9+,10-,11-,12-,13-/m1/s1. The van der Waals surface area contributed by atoms with Crippen molar-refractivity contribution in [1.29, 1.82) is 0 Å². The Kier molecular flexibility index (Phi) is 6.16. The Labute approximate surface area is 137 Å². The molecule has 0 amide bonds. The van der Waals surface area contributed by atoms with E-state index >= 15 is 0 Å². The van der Waals surface area contributed by atoms with Crippen molar-refractivity contribution >= 4 is 0 Å². The van der Waals surface area contributed by atoms with Gasteiger partial charge in [0, 0.05) is 0 Å². The van der Waals surface area contributed by atoms with Gasteiger partial charge in [-0.05, 0) is 6.92 Å². The zero-order valence-corrected chi connectivity index (χ0v) is 12.9. The molecule has 0 aliphatic carbocycles. The van der Waals surface area contributed by atoms with E-state index in [1.165, 1.54) is 6.92 Å². The number of aliphatic hydroxyl groups is 8. The van der Waals surface area contributed by atoms with Gasteiger partial charge in [-0.1, -0.05) is 0 Å². The second-order valence-electron chi connectivity index (χ2n) is 6.10. The van der Waals surface area contributed by atoms with Crippen LogP contribution in [0.4, 0.5) is 0 Å². The van der Waals surface area contributed by atoms with Gasteiger partial charge in [0.05, 0.1) is 13.2 Å². The van der Waals surface area contributed by atoms with Crippen LogP contribution in [0.25, 0.3) is 0 Å². The second-order valence-corrected chi connectivity index (χ2v) is 6.10. The lowest BCUT2D eigenvalue weighted by Gasteiger charge is -2.49. The summed E-state index contributed by atoms with van der Waals surface area (Å²) >= 11 is 0. The lowest BCUT2D eigenvalue weighted by Crippen LogP contribution is -2.68. The molecular formula is C13H24O11. The number of ether oxygens (including phenoxy) is 3. The molecule has 2 aliphatic heterocycles. The van der Waals surface area contributed by atoms with Gasteiger partial charge in [-0.3, -0.25) is 0 Å². The average molecular weight is 356 g/mol. The zero-order valence-electron chi connectivity index (χ0n) is 12.9. The van der Waals surface area contributed by atoms with Crippen LogP contribution in [0.2, 0.25) is 0 Å². The Hall–Kier alpha value is -0.440. The van der Waals surface area contributed by atoms with Crippen molar-refractivity contribution in [1.82, 2.24) is 0 Å². The molecular weight excluding hydrogens is 332 g/mol. The summed E-state index contributed by atoms with van der Waals surface area (Å²) in [5.41, 5.74) is 0. The maximum Gasteiger partial charge on any atom is 0.197 e. The van der Waals surface area contributed by atoms with Gasteiger partial charge in [-0.15, -0.1) is 0 Å². The summed E-state index contributed by atoms with van der Waals surface area (Å²) in [4.78, 5) is 0. The first-order valence-corrected chi connectivity index (χ1v) is 7.47. The predicted octanol–water partition coefficient (Wildman–Crippen LogP) is -5.01. The summed E-state index contributed by atoms with van der Waals surface area (Å²) in [6.07, 6.45) is -14.2. The molecule has 2 saturated heterocycles. The third-order valence-corrected chi connectivity index (χ3v) is 4.36. The van der Waals surface area contributed by atoms with E-state index in [1.807, 2.05) is 0 Å². The Morgan fingerprint density at radius 3 is 1.88 bits per heavy atom. The van der Waals surface area contributed by atoms with Gasteiger partial charge < -0.3 is 55.1 Å². The normalized spacial score (nSPS) is 53.1. The third kappa shape index (κ3) is 3.43. The van der Waals surface area contributed by atoms with Crippen molar-refractivity contribution in [3.8, 4) is 0 Å². The van der Waals surface area contributed by atoms with Crippen LogP contribution in [0.3, 0.4) is 0 Å². The van der Waals surface area contributed by atoms with E-state index in [2.05, 4.69) is 0 Å². The van der Waals surface area contributed by atoms with E-state index in [-0.39, 0.29) is 0 Å². The highest BCUT2D eigenvalue weighted by Crippen LogP contribution is 2.34. The van der Waals surface area contributed by atoms with Crippen LogP contribution in [0.1, 0.15) is 6.92 Å². The highest BCUT2D eigenvalue weighted by molar-refractivity contribution is 4.96. The number of hydrogen-bond donors (Lipinski definition) is 8. The van der Waals surface area contributed by atoms with Crippen molar-refractivity contribution in [2.24, 2.45) is 0 Å². The quantitative estimate of drug-likeness (QED) is 0.241. The van der Waals surface area contributed by atoms with Crippen molar-refractivity contribution in [3.05, 3.63) is 0 Å². The van der Waals surface area contributed by atoms with E-state index in [4.69, 9.17) is 19.3 Å². The van der Waals surface area contributed by atoms with E-state index in [0.29, 0.717) is 0 Å². The Bertz CT molecular complexity index is 419. The maximum atomic E-state index is 10.1. The molecule has 2 rings (SSSR count). The van der Waals surface area contributed by atoms with Crippen LogP contribution in [0.5, 0.6) is 0 Å². The smallest absolute Gasteiger partial charge is 0.197 e. The molecule has 24 heavy (non-hydrogen) atoms. The number of aliphatic hydroxyl groups excluding tert-OH is 8. The molecule has 142 valence electrons. The monoisotopic (exact) mass is 356 g/mol. The van der Waals surface area contributed by atoms with E-state index in [0.717, 1.165) is 0 Å². The highest BCUT2D eigenvalue weighted by Gasteiger charge is 2.55. The largest absolute Gasteiger partial charge is 0.394 e. The zero-order chi connectivity index (χ0) is 18.2. The first kappa shape index (κ1) is 19.9. The van der Waals surface area contributed by atoms with Crippen molar-refractivity contribution in [2.75, 3.05) is 13.2 Å². The van der Waals surface area contributed by atoms with Crippen LogP contribution in [-0.2, 0) is 14.2 Å². The SMILES string of the molecule is C[C@]1(O[C@H]2O[C@H](CO)[C@H](O)[C@H](O)[C@H]2O)O[C@H](CO)[C@@H](O)[C@H](O)[C@H]1O. The molecule has 2 fully saturated rings. The number of rotatable bonds is 4. The first-order chi connectivity index (χ1) is 11.2. The molecule has 2 heterocycles. The highest BCUT2D eigenvalue weighted by atomic mass is 16.8. The Balaban J connectivity index is 2.18. The van der Waals surface area contributed by atoms with Crippen LogP contribution >= 0.6 is 0 Å². The lowest BCUT2D eigenvalue weighted by molar-refractivity contribution is -0.416. The number of hydrogen-bond acceptors (Lipinski definition) is 11. The molecule has 0 spiro atoms. The first-order valence-electron chi connectivity index (χ1n) is 7.47. The summed E-state index contributed by atoms with van der Waals surface area (Å²) in [5, 5.41) is 77.4. The van der Waals surface area contributed by atoms with Crippen LogP contribution in [0, 0.1) is 0 Å². The van der Waals surface area contributed by atoms with Gasteiger partial charge in [-0.25, -0.2) is 0 Å². The topological polar surface area (TPSA) is 190 Å². The van der Waals surface area contributed by atoms with Gasteiger partial charge in [0.15, 0.2) is 12.1 Å². The third-order valence-electron chi connectivity index (χ3n) is 4.36. The predicted molar refractivity (Wildman–Crippen MR) is 73.2 cm³/mol. The molecule has 8 N–H and O–H groups in total. The lowest BCUT2D eigenvalue weighted by atomic mass is 9.93.